The number of sulfonamides is 1. The maximum atomic E-state index is 12.8. The van der Waals surface area contributed by atoms with E-state index in [1.165, 1.54) is 10.6 Å². The fourth-order valence-electron chi connectivity index (χ4n) is 3.56. The minimum atomic E-state index is -3.20. The predicted molar refractivity (Wildman–Crippen MR) is 122 cm³/mol. The molecule has 1 amide bonds. The quantitative estimate of drug-likeness (QED) is 0.625. The lowest BCUT2D eigenvalue weighted by Gasteiger charge is -2.35. The Morgan fingerprint density at radius 2 is 1.74 bits per heavy atom. The Hall–Kier alpha value is -2.81. The van der Waals surface area contributed by atoms with Crippen LogP contribution in [0.3, 0.4) is 0 Å². The van der Waals surface area contributed by atoms with Gasteiger partial charge in [0.05, 0.1) is 17.6 Å². The first-order chi connectivity index (χ1) is 14.8. The summed E-state index contributed by atoms with van der Waals surface area (Å²) in [6, 6.07) is 18.0. The van der Waals surface area contributed by atoms with Crippen LogP contribution >= 0.6 is 11.6 Å². The third kappa shape index (κ3) is 4.92. The van der Waals surface area contributed by atoms with E-state index in [0.29, 0.717) is 42.6 Å². The van der Waals surface area contributed by atoms with Crippen molar-refractivity contribution < 1.29 is 17.6 Å². The van der Waals surface area contributed by atoms with Crippen molar-refractivity contribution in [2.24, 2.45) is 0 Å². The normalized spacial score (nSPS) is 15.1. The minimum absolute atomic E-state index is 0.187. The number of hydrogen-bond acceptors (Lipinski definition) is 5. The summed E-state index contributed by atoms with van der Waals surface area (Å²) in [6.07, 6.45) is 1.22. The number of furan rings is 1. The highest BCUT2D eigenvalue weighted by Gasteiger charge is 2.25. The Balaban J connectivity index is 1.49. The molecule has 3 aromatic rings. The van der Waals surface area contributed by atoms with Crippen LogP contribution in [0.15, 0.2) is 65.1 Å². The average molecular weight is 460 g/mol. The molecule has 0 unspecified atom stereocenters. The summed E-state index contributed by atoms with van der Waals surface area (Å²) in [5.74, 6) is 0.375. The Labute approximate surface area is 186 Å². The van der Waals surface area contributed by atoms with Crippen molar-refractivity contribution >= 4 is 38.9 Å². The second-order valence-corrected chi connectivity index (χ2v) is 9.71. The molecule has 162 valence electrons. The molecule has 1 fully saturated rings. The number of hydrogen-bond donors (Lipinski definition) is 1. The van der Waals surface area contributed by atoms with Gasteiger partial charge >= 0.3 is 0 Å². The van der Waals surface area contributed by atoms with Crippen LogP contribution in [0, 0.1) is 0 Å². The number of amides is 1. The first kappa shape index (κ1) is 21.4. The first-order valence-corrected chi connectivity index (χ1v) is 12.0. The molecule has 0 bridgehead atoms. The lowest BCUT2D eigenvalue weighted by molar-refractivity contribution is 0.0997. The van der Waals surface area contributed by atoms with E-state index in [2.05, 4.69) is 10.2 Å². The molecule has 7 nitrogen and oxygen atoms in total. The fraction of sp³-hybridized carbons (Fsp3) is 0.227. The zero-order valence-corrected chi connectivity index (χ0v) is 18.5. The van der Waals surface area contributed by atoms with Gasteiger partial charge in [-0.15, -0.1) is 0 Å². The second-order valence-electron chi connectivity index (χ2n) is 7.29. The SMILES string of the molecule is CS(=O)(=O)N1CCN(c2ccccc2NC(=O)c2ccc(-c3cccc(Cl)c3)o2)CC1. The van der Waals surface area contributed by atoms with Gasteiger partial charge in [0.2, 0.25) is 10.0 Å². The average Bonchev–Trinajstić information content (AvgIpc) is 3.24. The van der Waals surface area contributed by atoms with E-state index in [-0.39, 0.29) is 11.7 Å². The highest BCUT2D eigenvalue weighted by molar-refractivity contribution is 7.88. The van der Waals surface area contributed by atoms with Crippen LogP contribution in [-0.4, -0.2) is 51.1 Å². The fourth-order valence-corrected chi connectivity index (χ4v) is 4.57. The zero-order chi connectivity index (χ0) is 22.0. The van der Waals surface area contributed by atoms with Crippen LogP contribution in [0.25, 0.3) is 11.3 Å². The van der Waals surface area contributed by atoms with Gasteiger partial charge in [-0.3, -0.25) is 4.79 Å². The number of anilines is 2. The van der Waals surface area contributed by atoms with Gasteiger partial charge in [-0.05, 0) is 36.4 Å². The van der Waals surface area contributed by atoms with E-state index in [4.69, 9.17) is 16.0 Å². The maximum Gasteiger partial charge on any atom is 0.291 e. The lowest BCUT2D eigenvalue weighted by atomic mass is 10.2. The molecular weight excluding hydrogens is 438 g/mol. The van der Waals surface area contributed by atoms with Gasteiger partial charge in [0.15, 0.2) is 5.76 Å². The molecule has 0 radical (unpaired) electrons. The molecule has 31 heavy (non-hydrogen) atoms. The molecule has 0 spiro atoms. The number of carbonyl (C=O) groups excluding carboxylic acids is 1. The van der Waals surface area contributed by atoms with E-state index >= 15 is 0 Å². The number of nitrogens with zero attached hydrogens (tertiary/aromatic N) is 2. The number of rotatable bonds is 5. The van der Waals surface area contributed by atoms with Crippen molar-refractivity contribution in [3.05, 3.63) is 71.4 Å². The molecule has 1 aliphatic rings. The summed E-state index contributed by atoms with van der Waals surface area (Å²) >= 11 is 6.03. The van der Waals surface area contributed by atoms with Crippen molar-refractivity contribution in [1.82, 2.24) is 4.31 Å². The van der Waals surface area contributed by atoms with Gasteiger partial charge in [-0.1, -0.05) is 35.9 Å². The summed E-state index contributed by atoms with van der Waals surface area (Å²) in [6.45, 7) is 1.89. The third-order valence-electron chi connectivity index (χ3n) is 5.14. The van der Waals surface area contributed by atoms with Crippen LogP contribution in [0.2, 0.25) is 5.02 Å². The van der Waals surface area contributed by atoms with E-state index in [0.717, 1.165) is 11.3 Å². The van der Waals surface area contributed by atoms with Crippen molar-refractivity contribution in [3.63, 3.8) is 0 Å². The van der Waals surface area contributed by atoms with Crippen LogP contribution in [0.5, 0.6) is 0 Å². The predicted octanol–water partition coefficient (Wildman–Crippen LogP) is 3.93. The zero-order valence-electron chi connectivity index (χ0n) is 16.9. The monoisotopic (exact) mass is 459 g/mol. The minimum Gasteiger partial charge on any atom is -0.451 e. The highest BCUT2D eigenvalue weighted by atomic mass is 35.5. The third-order valence-corrected chi connectivity index (χ3v) is 6.68. The molecule has 1 aromatic heterocycles. The molecule has 0 atom stereocenters. The summed E-state index contributed by atoms with van der Waals surface area (Å²) in [7, 11) is -3.20. The Bertz CT molecular complexity index is 1200. The van der Waals surface area contributed by atoms with Crippen molar-refractivity contribution in [2.75, 3.05) is 42.7 Å². The van der Waals surface area contributed by atoms with Crippen molar-refractivity contribution in [3.8, 4) is 11.3 Å². The maximum absolute atomic E-state index is 12.8. The number of nitrogens with one attached hydrogen (secondary N) is 1. The summed E-state index contributed by atoms with van der Waals surface area (Å²) < 4.78 is 30.7. The van der Waals surface area contributed by atoms with Crippen LogP contribution < -0.4 is 10.2 Å². The van der Waals surface area contributed by atoms with Gasteiger partial charge in [-0.2, -0.15) is 4.31 Å². The van der Waals surface area contributed by atoms with Gasteiger partial charge < -0.3 is 14.6 Å². The smallest absolute Gasteiger partial charge is 0.291 e. The van der Waals surface area contributed by atoms with E-state index < -0.39 is 10.0 Å². The Kier molecular flexibility index (Phi) is 6.04. The molecule has 2 aromatic carbocycles. The molecule has 1 aliphatic heterocycles. The van der Waals surface area contributed by atoms with Crippen LogP contribution in [0.4, 0.5) is 11.4 Å². The summed E-state index contributed by atoms with van der Waals surface area (Å²) in [4.78, 5) is 14.9. The van der Waals surface area contributed by atoms with Crippen LogP contribution in [-0.2, 0) is 10.0 Å². The molecule has 2 heterocycles. The summed E-state index contributed by atoms with van der Waals surface area (Å²) in [5, 5.41) is 3.50. The number of benzene rings is 2. The number of piperazine rings is 1. The topological polar surface area (TPSA) is 82.9 Å². The molecule has 9 heteroatoms. The number of halogens is 1. The molecule has 0 saturated carbocycles. The molecule has 1 saturated heterocycles. The van der Waals surface area contributed by atoms with E-state index in [9.17, 15) is 13.2 Å². The standard InChI is InChI=1S/C22H22ClN3O4S/c1-31(28,29)26-13-11-25(12-14-26)19-8-3-2-7-18(19)24-22(27)21-10-9-20(30-21)16-5-4-6-17(23)15-16/h2-10,15H,11-14H2,1H3,(H,24,27). The van der Waals surface area contributed by atoms with Crippen molar-refractivity contribution in [1.29, 1.82) is 0 Å². The molecule has 4 rings (SSSR count). The number of para-hydroxylation sites is 2. The Morgan fingerprint density at radius 1 is 1.00 bits per heavy atom. The van der Waals surface area contributed by atoms with E-state index in [1.807, 2.05) is 36.4 Å². The number of carbonyl (C=O) groups is 1. The van der Waals surface area contributed by atoms with Gasteiger partial charge in [0.1, 0.15) is 5.76 Å². The second kappa shape index (κ2) is 8.74. The largest absolute Gasteiger partial charge is 0.451 e. The first-order valence-electron chi connectivity index (χ1n) is 9.77. The Morgan fingerprint density at radius 3 is 2.45 bits per heavy atom. The van der Waals surface area contributed by atoms with Gasteiger partial charge in [-0.25, -0.2) is 8.42 Å². The molecular formula is C22H22ClN3O4S. The highest BCUT2D eigenvalue weighted by Crippen LogP contribution is 2.29. The van der Waals surface area contributed by atoms with Crippen LogP contribution in [0.1, 0.15) is 10.6 Å². The molecule has 0 aliphatic carbocycles. The van der Waals surface area contributed by atoms with Gasteiger partial charge in [0, 0.05) is 36.8 Å². The van der Waals surface area contributed by atoms with Crippen molar-refractivity contribution in [2.45, 2.75) is 0 Å². The van der Waals surface area contributed by atoms with E-state index in [1.54, 1.807) is 24.3 Å². The van der Waals surface area contributed by atoms with Gasteiger partial charge in [0.25, 0.3) is 5.91 Å². The molecule has 1 N–H and O–H groups in total. The summed E-state index contributed by atoms with van der Waals surface area (Å²) in [5.41, 5.74) is 2.27. The lowest BCUT2D eigenvalue weighted by Crippen LogP contribution is -2.48.